The number of nitrogens with zero attached hydrogens (tertiary/aromatic N) is 6. The zero-order valence-corrected chi connectivity index (χ0v) is 21.9. The van der Waals surface area contributed by atoms with E-state index in [0.29, 0.717) is 26.1 Å². The van der Waals surface area contributed by atoms with Crippen molar-refractivity contribution in [3.05, 3.63) is 102 Å². The summed E-state index contributed by atoms with van der Waals surface area (Å²) >= 11 is 0. The van der Waals surface area contributed by atoms with Crippen LogP contribution in [0.15, 0.2) is 84.9 Å². The standard InChI is InChI=1S/C31H32N6O/c1-3-25(24-14-8-5-9-15-24)30(38)36-19-18-35(21-22(36)2)31-32-27-17-11-10-16-26(27)29-34-33-28(37(29)31)20-23-12-6-4-7-13-23/h4-17,22,25H,3,18-21H2,1-2H3/t22-,25-/m1/s1. The maximum Gasteiger partial charge on any atom is 0.230 e. The summed E-state index contributed by atoms with van der Waals surface area (Å²) in [7, 11) is 0. The number of rotatable bonds is 6. The Kier molecular flexibility index (Phi) is 6.50. The third-order valence-corrected chi connectivity index (χ3v) is 7.60. The summed E-state index contributed by atoms with van der Waals surface area (Å²) in [6.45, 7) is 6.27. The fourth-order valence-corrected chi connectivity index (χ4v) is 5.63. The van der Waals surface area contributed by atoms with Gasteiger partial charge in [0, 0.05) is 37.5 Å². The molecule has 38 heavy (non-hydrogen) atoms. The highest BCUT2D eigenvalue weighted by molar-refractivity contribution is 5.92. The molecule has 1 fully saturated rings. The molecular formula is C31H32N6O. The smallest absolute Gasteiger partial charge is 0.230 e. The molecule has 0 aliphatic carbocycles. The number of fused-ring (bicyclic) bond motifs is 3. The minimum Gasteiger partial charge on any atom is -0.338 e. The molecule has 1 saturated heterocycles. The van der Waals surface area contributed by atoms with Gasteiger partial charge in [0.25, 0.3) is 0 Å². The van der Waals surface area contributed by atoms with E-state index in [4.69, 9.17) is 4.98 Å². The first-order valence-electron chi connectivity index (χ1n) is 13.4. The van der Waals surface area contributed by atoms with Gasteiger partial charge in [-0.3, -0.25) is 4.79 Å². The molecule has 1 aliphatic rings. The molecule has 0 spiro atoms. The molecule has 6 rings (SSSR count). The minimum atomic E-state index is -0.119. The number of aromatic nitrogens is 4. The predicted molar refractivity (Wildman–Crippen MR) is 150 cm³/mol. The molecule has 1 aliphatic heterocycles. The Hall–Kier alpha value is -4.26. The van der Waals surface area contributed by atoms with Gasteiger partial charge in [-0.15, -0.1) is 10.2 Å². The average molecular weight is 505 g/mol. The van der Waals surface area contributed by atoms with Crippen molar-refractivity contribution in [3.63, 3.8) is 0 Å². The van der Waals surface area contributed by atoms with Crippen LogP contribution in [-0.2, 0) is 11.2 Å². The van der Waals surface area contributed by atoms with Gasteiger partial charge in [0.05, 0.1) is 11.4 Å². The molecule has 192 valence electrons. The zero-order chi connectivity index (χ0) is 26.1. The number of benzene rings is 3. The number of hydrogen-bond donors (Lipinski definition) is 0. The normalized spacial score (nSPS) is 16.7. The van der Waals surface area contributed by atoms with Crippen LogP contribution in [0.2, 0.25) is 0 Å². The molecule has 2 aromatic heterocycles. The number of piperazine rings is 1. The summed E-state index contributed by atoms with van der Waals surface area (Å²) in [5.74, 6) is 1.78. The third kappa shape index (κ3) is 4.38. The first kappa shape index (κ1) is 24.1. The molecule has 0 unspecified atom stereocenters. The zero-order valence-electron chi connectivity index (χ0n) is 21.9. The predicted octanol–water partition coefficient (Wildman–Crippen LogP) is 5.10. The van der Waals surface area contributed by atoms with Gasteiger partial charge in [-0.1, -0.05) is 79.7 Å². The lowest BCUT2D eigenvalue weighted by Gasteiger charge is -2.41. The lowest BCUT2D eigenvalue weighted by Crippen LogP contribution is -2.55. The maximum absolute atomic E-state index is 13.7. The van der Waals surface area contributed by atoms with Crippen molar-refractivity contribution in [2.45, 2.75) is 38.6 Å². The number of para-hydroxylation sites is 1. The molecule has 1 amide bonds. The summed E-state index contributed by atoms with van der Waals surface area (Å²) in [5.41, 5.74) is 3.98. The Morgan fingerprint density at radius 1 is 0.921 bits per heavy atom. The van der Waals surface area contributed by atoms with Crippen molar-refractivity contribution in [1.29, 1.82) is 0 Å². The van der Waals surface area contributed by atoms with Crippen molar-refractivity contribution in [2.75, 3.05) is 24.5 Å². The Labute approximate surface area is 222 Å². The van der Waals surface area contributed by atoms with Crippen LogP contribution in [0, 0.1) is 0 Å². The molecule has 2 atom stereocenters. The van der Waals surface area contributed by atoms with E-state index in [0.717, 1.165) is 40.3 Å². The molecule has 0 radical (unpaired) electrons. The Morgan fingerprint density at radius 3 is 2.37 bits per heavy atom. The summed E-state index contributed by atoms with van der Waals surface area (Å²) in [6.07, 6.45) is 1.45. The van der Waals surface area contributed by atoms with Crippen molar-refractivity contribution < 1.29 is 4.79 Å². The highest BCUT2D eigenvalue weighted by atomic mass is 16.2. The van der Waals surface area contributed by atoms with E-state index in [1.807, 2.05) is 59.5 Å². The monoisotopic (exact) mass is 504 g/mol. The van der Waals surface area contributed by atoms with E-state index in [1.54, 1.807) is 0 Å². The van der Waals surface area contributed by atoms with Gasteiger partial charge in [0.1, 0.15) is 5.82 Å². The van der Waals surface area contributed by atoms with E-state index >= 15 is 0 Å². The lowest BCUT2D eigenvalue weighted by atomic mass is 9.94. The van der Waals surface area contributed by atoms with Crippen LogP contribution in [0.3, 0.4) is 0 Å². The highest BCUT2D eigenvalue weighted by Gasteiger charge is 2.33. The number of carbonyl (C=O) groups excluding carboxylic acids is 1. The van der Waals surface area contributed by atoms with Gasteiger partial charge in [-0.05, 0) is 36.6 Å². The first-order chi connectivity index (χ1) is 18.6. The van der Waals surface area contributed by atoms with Crippen molar-refractivity contribution >= 4 is 28.4 Å². The first-order valence-corrected chi connectivity index (χ1v) is 13.4. The number of hydrogen-bond acceptors (Lipinski definition) is 5. The van der Waals surface area contributed by atoms with Crippen molar-refractivity contribution in [3.8, 4) is 0 Å². The van der Waals surface area contributed by atoms with Crippen LogP contribution in [0.5, 0.6) is 0 Å². The summed E-state index contributed by atoms with van der Waals surface area (Å²) in [6, 6.07) is 28.6. The molecule has 3 aromatic carbocycles. The number of amides is 1. The topological polar surface area (TPSA) is 66.6 Å². The van der Waals surface area contributed by atoms with Crippen molar-refractivity contribution in [2.24, 2.45) is 0 Å². The Morgan fingerprint density at radius 2 is 1.63 bits per heavy atom. The van der Waals surface area contributed by atoms with Gasteiger partial charge in [-0.2, -0.15) is 0 Å². The van der Waals surface area contributed by atoms with Crippen LogP contribution in [0.25, 0.3) is 16.6 Å². The molecular weight excluding hydrogens is 472 g/mol. The highest BCUT2D eigenvalue weighted by Crippen LogP contribution is 2.29. The molecule has 0 N–H and O–H groups in total. The summed E-state index contributed by atoms with van der Waals surface area (Å²) in [4.78, 5) is 23.1. The fourth-order valence-electron chi connectivity index (χ4n) is 5.63. The Bertz CT molecular complexity index is 1570. The van der Waals surface area contributed by atoms with Gasteiger partial charge in [0.15, 0.2) is 5.65 Å². The van der Waals surface area contributed by atoms with Crippen LogP contribution >= 0.6 is 0 Å². The van der Waals surface area contributed by atoms with Gasteiger partial charge in [-0.25, -0.2) is 9.38 Å². The second kappa shape index (κ2) is 10.2. The van der Waals surface area contributed by atoms with E-state index in [1.165, 1.54) is 5.56 Å². The van der Waals surface area contributed by atoms with Crippen LogP contribution in [0.1, 0.15) is 43.1 Å². The molecule has 7 heteroatoms. The van der Waals surface area contributed by atoms with E-state index in [9.17, 15) is 4.79 Å². The van der Waals surface area contributed by atoms with Gasteiger partial charge < -0.3 is 9.80 Å². The Balaban J connectivity index is 1.33. The molecule has 5 aromatic rings. The van der Waals surface area contributed by atoms with Crippen molar-refractivity contribution in [1.82, 2.24) is 24.5 Å². The lowest BCUT2D eigenvalue weighted by molar-refractivity contribution is -0.135. The molecule has 3 heterocycles. The fraction of sp³-hybridized carbons (Fsp3) is 0.290. The van der Waals surface area contributed by atoms with E-state index in [-0.39, 0.29) is 17.9 Å². The molecule has 7 nitrogen and oxygen atoms in total. The number of anilines is 1. The second-order valence-electron chi connectivity index (χ2n) is 10.1. The largest absolute Gasteiger partial charge is 0.338 e. The number of carbonyl (C=O) groups is 1. The van der Waals surface area contributed by atoms with Crippen LogP contribution in [-0.4, -0.2) is 56.1 Å². The van der Waals surface area contributed by atoms with Crippen LogP contribution < -0.4 is 4.90 Å². The van der Waals surface area contributed by atoms with Gasteiger partial charge >= 0.3 is 0 Å². The summed E-state index contributed by atoms with van der Waals surface area (Å²) < 4.78 is 2.11. The summed E-state index contributed by atoms with van der Waals surface area (Å²) in [5, 5.41) is 10.2. The van der Waals surface area contributed by atoms with E-state index < -0.39 is 0 Å². The SMILES string of the molecule is CC[C@@H](C(=O)N1CCN(c2nc3ccccc3c3nnc(Cc4ccccc4)n23)C[C@H]1C)c1ccccc1. The molecule has 0 saturated carbocycles. The minimum absolute atomic E-state index is 0.0476. The maximum atomic E-state index is 13.7. The average Bonchev–Trinajstić information content (AvgIpc) is 3.38. The van der Waals surface area contributed by atoms with E-state index in [2.05, 4.69) is 63.7 Å². The second-order valence-corrected chi connectivity index (χ2v) is 10.1. The molecule has 0 bridgehead atoms. The quantitative estimate of drug-likeness (QED) is 0.322. The van der Waals surface area contributed by atoms with Gasteiger partial charge in [0.2, 0.25) is 11.9 Å². The third-order valence-electron chi connectivity index (χ3n) is 7.60. The van der Waals surface area contributed by atoms with Crippen LogP contribution in [0.4, 0.5) is 5.95 Å².